The van der Waals surface area contributed by atoms with Crippen molar-refractivity contribution in [1.29, 1.82) is 0 Å². The lowest BCUT2D eigenvalue weighted by Gasteiger charge is -2.20. The van der Waals surface area contributed by atoms with Crippen LogP contribution in [0.15, 0.2) is 97.1 Å². The van der Waals surface area contributed by atoms with Gasteiger partial charge in [-0.05, 0) is 40.5 Å². The van der Waals surface area contributed by atoms with Gasteiger partial charge in [-0.25, -0.2) is 9.59 Å². The number of nitrogens with zero attached hydrogens (tertiary/aromatic N) is 2. The number of imide groups is 1. The fourth-order valence-corrected chi connectivity index (χ4v) is 5.75. The van der Waals surface area contributed by atoms with Crippen LogP contribution in [0.25, 0.3) is 22.0 Å². The van der Waals surface area contributed by atoms with Gasteiger partial charge >= 0.3 is 12.1 Å². The molecule has 4 aromatic carbocycles. The summed E-state index contributed by atoms with van der Waals surface area (Å²) in [5.41, 5.74) is 5.73. The van der Waals surface area contributed by atoms with Crippen LogP contribution < -0.4 is 5.32 Å². The number of para-hydroxylation sites is 1. The van der Waals surface area contributed by atoms with Crippen LogP contribution in [0.3, 0.4) is 0 Å². The first-order valence-corrected chi connectivity index (χ1v) is 13.7. The molecular formula is C33H24N4O6. The van der Waals surface area contributed by atoms with Crippen LogP contribution in [0.5, 0.6) is 0 Å². The number of amides is 3. The van der Waals surface area contributed by atoms with Gasteiger partial charge in [-0.3, -0.25) is 14.7 Å². The molecule has 1 aliphatic heterocycles. The van der Waals surface area contributed by atoms with Gasteiger partial charge in [-0.2, -0.15) is 5.10 Å². The van der Waals surface area contributed by atoms with Crippen molar-refractivity contribution in [3.63, 3.8) is 0 Å². The number of fused-ring (bicyclic) bond motifs is 5. The molecule has 3 amide bonds. The lowest BCUT2D eigenvalue weighted by molar-refractivity contribution is -0.171. The number of alkyl carbamates (subject to hydrolysis) is 1. The zero-order valence-corrected chi connectivity index (χ0v) is 22.7. The zero-order valence-electron chi connectivity index (χ0n) is 22.7. The second-order valence-corrected chi connectivity index (χ2v) is 10.3. The molecule has 212 valence electrons. The Morgan fingerprint density at radius 3 is 2.00 bits per heavy atom. The topological polar surface area (TPSA) is 131 Å². The van der Waals surface area contributed by atoms with Crippen LogP contribution in [-0.4, -0.2) is 51.8 Å². The number of aromatic amines is 1. The Hall–Kier alpha value is -5.77. The van der Waals surface area contributed by atoms with E-state index < -0.39 is 29.9 Å². The average molecular weight is 573 g/mol. The minimum absolute atomic E-state index is 0.0347. The minimum atomic E-state index is -1.32. The maximum atomic E-state index is 13.5. The van der Waals surface area contributed by atoms with E-state index in [0.29, 0.717) is 16.3 Å². The van der Waals surface area contributed by atoms with Gasteiger partial charge in [0.2, 0.25) is 0 Å². The molecule has 1 atom stereocenters. The van der Waals surface area contributed by atoms with Gasteiger partial charge in [0.1, 0.15) is 12.6 Å². The van der Waals surface area contributed by atoms with Crippen molar-refractivity contribution in [3.8, 4) is 11.1 Å². The molecule has 0 fully saturated rings. The van der Waals surface area contributed by atoms with Crippen LogP contribution in [0.4, 0.5) is 4.79 Å². The van der Waals surface area contributed by atoms with E-state index in [1.54, 1.807) is 18.2 Å². The molecule has 0 saturated carbocycles. The summed E-state index contributed by atoms with van der Waals surface area (Å²) in [4.78, 5) is 57.6. The summed E-state index contributed by atoms with van der Waals surface area (Å²) in [5, 5.41) is 10.9. The van der Waals surface area contributed by atoms with Gasteiger partial charge in [0.25, 0.3) is 11.8 Å². The van der Waals surface area contributed by atoms with Crippen LogP contribution in [-0.2, 0) is 20.8 Å². The van der Waals surface area contributed by atoms with Gasteiger partial charge in [0.05, 0.1) is 16.6 Å². The van der Waals surface area contributed by atoms with Crippen molar-refractivity contribution in [2.24, 2.45) is 0 Å². The summed E-state index contributed by atoms with van der Waals surface area (Å²) in [5.74, 6) is -2.72. The largest absolute Gasteiger partial charge is 0.449 e. The summed E-state index contributed by atoms with van der Waals surface area (Å²) in [6.45, 7) is 0.0347. The lowest BCUT2D eigenvalue weighted by Crippen LogP contribution is -2.47. The molecule has 0 bridgehead atoms. The number of carbonyl (C=O) groups excluding carboxylic acids is 4. The molecule has 10 nitrogen and oxygen atoms in total. The summed E-state index contributed by atoms with van der Waals surface area (Å²) < 4.78 is 5.66. The number of benzene rings is 4. The highest BCUT2D eigenvalue weighted by atomic mass is 16.7. The Morgan fingerprint density at radius 1 is 0.791 bits per heavy atom. The second kappa shape index (κ2) is 10.6. The fraction of sp³-hybridized carbons (Fsp3) is 0.121. The van der Waals surface area contributed by atoms with E-state index in [1.165, 1.54) is 12.1 Å². The lowest BCUT2D eigenvalue weighted by atomic mass is 9.98. The first kappa shape index (κ1) is 26.1. The van der Waals surface area contributed by atoms with Crippen molar-refractivity contribution >= 4 is 34.8 Å². The highest BCUT2D eigenvalue weighted by Gasteiger charge is 2.40. The third-order valence-electron chi connectivity index (χ3n) is 7.81. The smallest absolute Gasteiger partial charge is 0.407 e. The summed E-state index contributed by atoms with van der Waals surface area (Å²) in [6, 6.07) is 28.1. The molecule has 43 heavy (non-hydrogen) atoms. The molecule has 0 saturated heterocycles. The molecule has 2 heterocycles. The van der Waals surface area contributed by atoms with Crippen molar-refractivity contribution in [1.82, 2.24) is 20.6 Å². The number of carbonyl (C=O) groups is 4. The maximum absolute atomic E-state index is 13.5. The maximum Gasteiger partial charge on any atom is 0.407 e. The number of hydrogen-bond acceptors (Lipinski definition) is 7. The third-order valence-corrected chi connectivity index (χ3v) is 7.81. The first-order valence-electron chi connectivity index (χ1n) is 13.7. The summed E-state index contributed by atoms with van der Waals surface area (Å²) in [7, 11) is 0. The second-order valence-electron chi connectivity index (χ2n) is 10.3. The number of hydroxylamine groups is 2. The number of nitrogens with one attached hydrogen (secondary N) is 2. The predicted octanol–water partition coefficient (Wildman–Crippen LogP) is 4.77. The molecule has 2 N–H and O–H groups in total. The van der Waals surface area contributed by atoms with Crippen molar-refractivity contribution in [3.05, 3.63) is 125 Å². The van der Waals surface area contributed by atoms with E-state index in [-0.39, 0.29) is 30.1 Å². The number of H-pyrrole nitrogens is 1. The van der Waals surface area contributed by atoms with E-state index in [1.807, 2.05) is 66.7 Å². The highest BCUT2D eigenvalue weighted by molar-refractivity contribution is 6.21. The summed E-state index contributed by atoms with van der Waals surface area (Å²) >= 11 is 0. The van der Waals surface area contributed by atoms with Crippen LogP contribution in [0.2, 0.25) is 0 Å². The average Bonchev–Trinajstić information content (AvgIpc) is 3.67. The van der Waals surface area contributed by atoms with E-state index in [9.17, 15) is 19.2 Å². The van der Waals surface area contributed by atoms with Crippen molar-refractivity contribution in [2.75, 3.05) is 6.61 Å². The van der Waals surface area contributed by atoms with Crippen LogP contribution in [0, 0.1) is 0 Å². The molecule has 1 aromatic heterocycles. The highest BCUT2D eigenvalue weighted by Crippen LogP contribution is 2.44. The minimum Gasteiger partial charge on any atom is -0.449 e. The monoisotopic (exact) mass is 572 g/mol. The Bertz CT molecular complexity index is 1850. The van der Waals surface area contributed by atoms with E-state index in [4.69, 9.17) is 9.57 Å². The molecule has 7 rings (SSSR count). The molecular weight excluding hydrogens is 548 g/mol. The van der Waals surface area contributed by atoms with Gasteiger partial charge in [-0.15, -0.1) is 0 Å². The SMILES string of the molecule is O=C(NC(Cc1[nH]nc2ccccc12)C(=O)ON1C(=O)c2ccccc2C1=O)OCC1c2ccccc2-c2ccccc21. The van der Waals surface area contributed by atoms with Crippen LogP contribution >= 0.6 is 0 Å². The van der Waals surface area contributed by atoms with E-state index in [0.717, 1.165) is 27.6 Å². The zero-order chi connectivity index (χ0) is 29.5. The Labute approximate surface area is 245 Å². The van der Waals surface area contributed by atoms with Crippen LogP contribution in [0.1, 0.15) is 43.5 Å². The summed E-state index contributed by atoms with van der Waals surface area (Å²) in [6.07, 6.45) is -0.915. The third kappa shape index (κ3) is 4.58. The molecule has 5 aromatic rings. The quantitative estimate of drug-likeness (QED) is 0.269. The van der Waals surface area contributed by atoms with Gasteiger partial charge in [-0.1, -0.05) is 83.9 Å². The Balaban J connectivity index is 1.11. The molecule has 0 radical (unpaired) electrons. The van der Waals surface area contributed by atoms with E-state index >= 15 is 0 Å². The van der Waals surface area contributed by atoms with Gasteiger partial charge in [0.15, 0.2) is 0 Å². The fourth-order valence-electron chi connectivity index (χ4n) is 5.75. The number of ether oxygens (including phenoxy) is 1. The Morgan fingerprint density at radius 2 is 1.35 bits per heavy atom. The molecule has 10 heteroatoms. The number of aromatic nitrogens is 2. The van der Waals surface area contributed by atoms with Gasteiger partial charge < -0.3 is 14.9 Å². The van der Waals surface area contributed by atoms with E-state index in [2.05, 4.69) is 15.5 Å². The molecule has 1 aliphatic carbocycles. The first-order chi connectivity index (χ1) is 21.0. The van der Waals surface area contributed by atoms with Gasteiger partial charge in [0, 0.05) is 23.4 Å². The number of hydrogen-bond donors (Lipinski definition) is 2. The van der Waals surface area contributed by atoms with Crippen molar-refractivity contribution in [2.45, 2.75) is 18.4 Å². The molecule has 1 unspecified atom stereocenters. The molecule has 0 spiro atoms. The number of rotatable bonds is 7. The predicted molar refractivity (Wildman–Crippen MR) is 155 cm³/mol. The molecule has 2 aliphatic rings. The normalized spacial score (nSPS) is 14.3. The standard InChI is InChI=1S/C33H24N4O6/c38-30-23-13-5-6-14-24(23)31(39)37(30)43-32(40)29(17-28-25-15-7-8-16-27(25)35-36-28)34-33(41)42-18-26-21-11-3-1-9-19(21)20-10-2-4-12-22(20)26/h1-16,26,29H,17-18H2,(H,34,41)(H,35,36). The van der Waals surface area contributed by atoms with Crippen molar-refractivity contribution < 1.29 is 28.8 Å². The Kier molecular flexibility index (Phi) is 6.43.